The highest BCUT2D eigenvalue weighted by atomic mass is 79.9. The van der Waals surface area contributed by atoms with Gasteiger partial charge in [-0.05, 0) is 28.1 Å². The Kier molecular flexibility index (Phi) is 5.49. The van der Waals surface area contributed by atoms with Crippen molar-refractivity contribution in [3.05, 3.63) is 22.4 Å². The molecule has 0 aliphatic rings. The van der Waals surface area contributed by atoms with Crippen molar-refractivity contribution < 1.29 is 22.3 Å². The Morgan fingerprint density at radius 3 is 2.65 bits per heavy atom. The summed E-state index contributed by atoms with van der Waals surface area (Å²) in [4.78, 5) is 10.5. The Hall–Kier alpha value is -1.19. The molecule has 1 aromatic rings. The summed E-state index contributed by atoms with van der Waals surface area (Å²) < 4.78 is 43.6. The summed E-state index contributed by atoms with van der Waals surface area (Å²) in [5.41, 5.74) is 5.62. The molecule has 1 aromatic carbocycles. The van der Waals surface area contributed by atoms with Crippen LogP contribution < -0.4 is 5.73 Å². The normalized spacial score (nSPS) is 11.7. The van der Waals surface area contributed by atoms with E-state index in [0.717, 1.165) is 10.4 Å². The van der Waals surface area contributed by atoms with E-state index in [1.807, 2.05) is 0 Å². The summed E-state index contributed by atoms with van der Waals surface area (Å²) in [6.07, 6.45) is -0.128. The highest BCUT2D eigenvalue weighted by molar-refractivity contribution is 9.10. The van der Waals surface area contributed by atoms with Gasteiger partial charge in [-0.1, -0.05) is 0 Å². The molecule has 1 rings (SSSR count). The second-order valence-electron chi connectivity index (χ2n) is 3.97. The number of halogens is 2. The molecule has 0 atom stereocenters. The summed E-state index contributed by atoms with van der Waals surface area (Å²) in [5.74, 6) is -1.48. The SMILES string of the molecule is COC(=O)CCN(C)S(=O)(=O)c1cc(N)cc(Br)c1F. The molecule has 0 amide bonds. The van der Waals surface area contributed by atoms with Crippen LogP contribution in [-0.4, -0.2) is 39.4 Å². The minimum absolute atomic E-state index is 0.0440. The largest absolute Gasteiger partial charge is 0.469 e. The zero-order valence-electron chi connectivity index (χ0n) is 10.9. The number of sulfonamides is 1. The van der Waals surface area contributed by atoms with Gasteiger partial charge < -0.3 is 10.5 Å². The number of carbonyl (C=O) groups excluding carboxylic acids is 1. The Bertz CT molecular complexity index is 621. The number of hydrogen-bond donors (Lipinski definition) is 1. The Labute approximate surface area is 124 Å². The van der Waals surface area contributed by atoms with E-state index in [4.69, 9.17) is 5.73 Å². The quantitative estimate of drug-likeness (QED) is 0.625. The van der Waals surface area contributed by atoms with Gasteiger partial charge in [0.05, 0.1) is 18.0 Å². The van der Waals surface area contributed by atoms with Gasteiger partial charge in [-0.15, -0.1) is 0 Å². The fourth-order valence-corrected chi connectivity index (χ4v) is 3.31. The Morgan fingerprint density at radius 2 is 2.10 bits per heavy atom. The van der Waals surface area contributed by atoms with E-state index >= 15 is 0 Å². The lowest BCUT2D eigenvalue weighted by Gasteiger charge is -2.17. The summed E-state index contributed by atoms with van der Waals surface area (Å²) in [5, 5.41) is 0. The topological polar surface area (TPSA) is 89.7 Å². The number of ether oxygens (including phenoxy) is 1. The second kappa shape index (κ2) is 6.51. The smallest absolute Gasteiger partial charge is 0.306 e. The number of esters is 1. The van der Waals surface area contributed by atoms with Gasteiger partial charge in [0.15, 0.2) is 5.82 Å². The van der Waals surface area contributed by atoms with E-state index in [0.29, 0.717) is 0 Å². The van der Waals surface area contributed by atoms with Crippen LogP contribution in [0.15, 0.2) is 21.5 Å². The molecular weight excluding hydrogens is 355 g/mol. The van der Waals surface area contributed by atoms with Crippen molar-refractivity contribution in [2.45, 2.75) is 11.3 Å². The first-order valence-corrected chi connectivity index (χ1v) is 7.71. The van der Waals surface area contributed by atoms with Gasteiger partial charge in [-0.25, -0.2) is 17.1 Å². The number of rotatable bonds is 5. The zero-order chi connectivity index (χ0) is 15.5. The fourth-order valence-electron chi connectivity index (χ4n) is 1.41. The monoisotopic (exact) mass is 368 g/mol. The predicted octanol–water partition coefficient (Wildman–Crippen LogP) is 1.35. The number of carbonyl (C=O) groups is 1. The van der Waals surface area contributed by atoms with Crippen LogP contribution in [0.25, 0.3) is 0 Å². The van der Waals surface area contributed by atoms with Crippen molar-refractivity contribution >= 4 is 37.6 Å². The predicted molar refractivity (Wildman–Crippen MR) is 75.0 cm³/mol. The van der Waals surface area contributed by atoms with E-state index in [2.05, 4.69) is 20.7 Å². The molecule has 9 heteroatoms. The fraction of sp³-hybridized carbons (Fsp3) is 0.364. The minimum atomic E-state index is -4.08. The molecule has 6 nitrogen and oxygen atoms in total. The maximum absolute atomic E-state index is 13.9. The number of methoxy groups -OCH3 is 1. The van der Waals surface area contributed by atoms with Crippen LogP contribution in [0.5, 0.6) is 0 Å². The van der Waals surface area contributed by atoms with Crippen LogP contribution in [0.2, 0.25) is 0 Å². The Balaban J connectivity index is 3.08. The summed E-state index contributed by atoms with van der Waals surface area (Å²) in [7, 11) is -1.63. The highest BCUT2D eigenvalue weighted by Crippen LogP contribution is 2.27. The first kappa shape index (κ1) is 16.9. The molecule has 0 heterocycles. The maximum atomic E-state index is 13.9. The van der Waals surface area contributed by atoms with Gasteiger partial charge >= 0.3 is 5.97 Å². The third kappa shape index (κ3) is 3.68. The van der Waals surface area contributed by atoms with Crippen LogP contribution in [0.4, 0.5) is 10.1 Å². The van der Waals surface area contributed by atoms with Gasteiger partial charge in [-0.2, -0.15) is 0 Å². The third-order valence-corrected chi connectivity index (χ3v) is 5.00. The number of anilines is 1. The summed E-state index contributed by atoms with van der Waals surface area (Å²) >= 11 is 2.90. The average molecular weight is 369 g/mol. The number of hydrogen-bond acceptors (Lipinski definition) is 5. The van der Waals surface area contributed by atoms with Gasteiger partial charge in [0, 0.05) is 19.3 Å². The molecule has 0 saturated carbocycles. The molecule has 20 heavy (non-hydrogen) atoms. The van der Waals surface area contributed by atoms with Crippen molar-refractivity contribution in [2.24, 2.45) is 0 Å². The van der Waals surface area contributed by atoms with Gasteiger partial charge in [0.1, 0.15) is 4.90 Å². The lowest BCUT2D eigenvalue weighted by molar-refractivity contribution is -0.140. The molecule has 0 bridgehead atoms. The zero-order valence-corrected chi connectivity index (χ0v) is 13.3. The van der Waals surface area contributed by atoms with Crippen LogP contribution in [-0.2, 0) is 19.6 Å². The van der Waals surface area contributed by atoms with Gasteiger partial charge in [0.2, 0.25) is 10.0 Å². The molecule has 0 aliphatic carbocycles. The minimum Gasteiger partial charge on any atom is -0.469 e. The van der Waals surface area contributed by atoms with E-state index in [-0.39, 0.29) is 23.1 Å². The van der Waals surface area contributed by atoms with Crippen LogP contribution in [0, 0.1) is 5.82 Å². The second-order valence-corrected chi connectivity index (χ2v) is 6.84. The van der Waals surface area contributed by atoms with E-state index in [9.17, 15) is 17.6 Å². The van der Waals surface area contributed by atoms with E-state index in [1.54, 1.807) is 0 Å². The van der Waals surface area contributed by atoms with E-state index in [1.165, 1.54) is 20.2 Å². The van der Waals surface area contributed by atoms with Crippen molar-refractivity contribution in [3.8, 4) is 0 Å². The lowest BCUT2D eigenvalue weighted by atomic mass is 10.3. The van der Waals surface area contributed by atoms with Crippen LogP contribution in [0.1, 0.15) is 6.42 Å². The molecule has 112 valence electrons. The maximum Gasteiger partial charge on any atom is 0.306 e. The van der Waals surface area contributed by atoms with Gasteiger partial charge in [-0.3, -0.25) is 4.79 Å². The average Bonchev–Trinajstić information content (AvgIpc) is 2.39. The molecule has 0 spiro atoms. The summed E-state index contributed by atoms with van der Waals surface area (Å²) in [6, 6.07) is 2.30. The highest BCUT2D eigenvalue weighted by Gasteiger charge is 2.26. The van der Waals surface area contributed by atoms with Crippen molar-refractivity contribution in [1.82, 2.24) is 4.31 Å². The lowest BCUT2D eigenvalue weighted by Crippen LogP contribution is -2.30. The Morgan fingerprint density at radius 1 is 1.50 bits per heavy atom. The van der Waals surface area contributed by atoms with Crippen LogP contribution >= 0.6 is 15.9 Å². The van der Waals surface area contributed by atoms with Crippen LogP contribution in [0.3, 0.4) is 0 Å². The third-order valence-electron chi connectivity index (χ3n) is 2.56. The molecule has 0 radical (unpaired) electrons. The number of nitrogens with two attached hydrogens (primary N) is 1. The summed E-state index contributed by atoms with van der Waals surface area (Å²) in [6.45, 7) is -0.124. The molecular formula is C11H14BrFN2O4S. The molecule has 0 unspecified atom stereocenters. The molecule has 0 aromatic heterocycles. The number of nitrogen functional groups attached to an aromatic ring is 1. The van der Waals surface area contributed by atoms with Crippen molar-refractivity contribution in [2.75, 3.05) is 26.4 Å². The van der Waals surface area contributed by atoms with Crippen molar-refractivity contribution in [3.63, 3.8) is 0 Å². The molecule has 0 fully saturated rings. The molecule has 2 N–H and O–H groups in total. The van der Waals surface area contributed by atoms with E-state index < -0.39 is 26.7 Å². The molecule has 0 saturated heterocycles. The number of benzene rings is 1. The number of nitrogens with zero attached hydrogens (tertiary/aromatic N) is 1. The first-order valence-electron chi connectivity index (χ1n) is 5.47. The standard InChI is InChI=1S/C11H14BrFN2O4S/c1-15(4-3-10(16)19-2)20(17,18)9-6-7(14)5-8(12)11(9)13/h5-6H,3-4,14H2,1-2H3. The molecule has 0 aliphatic heterocycles. The first-order chi connectivity index (χ1) is 9.20. The van der Waals surface area contributed by atoms with Gasteiger partial charge in [0.25, 0.3) is 0 Å². The van der Waals surface area contributed by atoms with Crippen molar-refractivity contribution in [1.29, 1.82) is 0 Å².